The average Bonchev–Trinajstić information content (AvgIpc) is 3.54. The largest absolute Gasteiger partial charge is 0.420 e. The molecule has 0 fully saturated rings. The topological polar surface area (TPSA) is 9.86 Å². The lowest BCUT2D eigenvalue weighted by molar-refractivity contribution is -0.137. The van der Waals surface area contributed by atoms with E-state index in [0.717, 1.165) is 39.1 Å². The van der Waals surface area contributed by atoms with E-state index in [1.165, 1.54) is 34.9 Å². The minimum Gasteiger partial charge on any atom is -0.309 e. The van der Waals surface area contributed by atoms with E-state index >= 15 is 13.2 Å². The molecule has 2 heterocycles. The Morgan fingerprint density at radius 2 is 0.840 bits per heavy atom. The molecule has 0 saturated heterocycles. The molecule has 8 rings (SSSR count). The Hall–Kier alpha value is -5.50. The molecule has 0 aliphatic rings. The molecule has 0 saturated carbocycles. The lowest BCUT2D eigenvalue weighted by Crippen LogP contribution is -2.17. The molecule has 0 aliphatic heterocycles. The third kappa shape index (κ3) is 4.88. The van der Waals surface area contributed by atoms with Gasteiger partial charge in [-0.25, -0.2) is 0 Å². The maximum absolute atomic E-state index is 16.1. The van der Waals surface area contributed by atoms with Gasteiger partial charge in [0.2, 0.25) is 0 Å². The van der Waals surface area contributed by atoms with Crippen molar-refractivity contribution in [3.8, 4) is 22.5 Å². The summed E-state index contributed by atoms with van der Waals surface area (Å²) in [7, 11) is 0. The molecular weight excluding hydrogens is 646 g/mol. The van der Waals surface area contributed by atoms with Crippen LogP contribution in [0.2, 0.25) is 0 Å². The highest BCUT2D eigenvalue weighted by Crippen LogP contribution is 2.49. The summed E-state index contributed by atoms with van der Waals surface area (Å²) in [6.07, 6.45) is -9.81. The molecule has 0 unspecified atom stereocenters. The van der Waals surface area contributed by atoms with Gasteiger partial charge < -0.3 is 9.13 Å². The molecule has 0 spiro atoms. The van der Waals surface area contributed by atoms with E-state index in [-0.39, 0.29) is 22.5 Å². The van der Waals surface area contributed by atoms with Gasteiger partial charge in [0.1, 0.15) is 5.56 Å². The summed E-state index contributed by atoms with van der Waals surface area (Å²) in [5.74, 6) is 0. The molecule has 2 nitrogen and oxygen atoms in total. The molecule has 0 atom stereocenters. The molecule has 250 valence electrons. The quantitative estimate of drug-likeness (QED) is 0.165. The highest BCUT2D eigenvalue weighted by Gasteiger charge is 2.42. The van der Waals surface area contributed by atoms with Crippen molar-refractivity contribution < 1.29 is 26.3 Å². The number of hydrogen-bond acceptors (Lipinski definition) is 0. The Labute approximate surface area is 283 Å². The molecule has 6 aromatic carbocycles. The van der Waals surface area contributed by atoms with Crippen LogP contribution in [0.1, 0.15) is 33.4 Å². The average molecular weight is 677 g/mol. The summed E-state index contributed by atoms with van der Waals surface area (Å²) in [5, 5.41) is 2.99. The van der Waals surface area contributed by atoms with Crippen LogP contribution in [0.3, 0.4) is 0 Å². The van der Waals surface area contributed by atoms with Crippen LogP contribution in [-0.2, 0) is 12.4 Å². The fourth-order valence-corrected chi connectivity index (χ4v) is 7.46. The van der Waals surface area contributed by atoms with Gasteiger partial charge in [-0.2, -0.15) is 26.3 Å². The van der Waals surface area contributed by atoms with E-state index in [0.29, 0.717) is 32.8 Å². The fraction of sp³-hybridized carbons (Fsp3) is 0.143. The second-order valence-electron chi connectivity index (χ2n) is 13.2. The lowest BCUT2D eigenvalue weighted by atomic mass is 9.93. The minimum absolute atomic E-state index is 0.178. The van der Waals surface area contributed by atoms with Crippen LogP contribution in [0.4, 0.5) is 26.3 Å². The van der Waals surface area contributed by atoms with Crippen molar-refractivity contribution in [3.05, 3.63) is 143 Å². The van der Waals surface area contributed by atoms with Crippen molar-refractivity contribution in [1.29, 1.82) is 0 Å². The van der Waals surface area contributed by atoms with Gasteiger partial charge in [-0.15, -0.1) is 0 Å². The maximum atomic E-state index is 16.1. The van der Waals surface area contributed by atoms with E-state index in [1.807, 2.05) is 76.2 Å². The number of benzene rings is 6. The van der Waals surface area contributed by atoms with Crippen LogP contribution in [0.15, 0.2) is 109 Å². The Bertz CT molecular complexity index is 2550. The number of fused-ring (bicyclic) bond motifs is 6. The molecular formula is C42H30F6N2. The van der Waals surface area contributed by atoms with Gasteiger partial charge in [-0.05, 0) is 93.9 Å². The fourth-order valence-electron chi connectivity index (χ4n) is 7.46. The van der Waals surface area contributed by atoms with Crippen LogP contribution < -0.4 is 0 Å². The first-order valence-electron chi connectivity index (χ1n) is 16.2. The summed E-state index contributed by atoms with van der Waals surface area (Å²) >= 11 is 0. The highest BCUT2D eigenvalue weighted by atomic mass is 19.4. The Morgan fingerprint density at radius 1 is 0.420 bits per heavy atom. The number of nitrogens with zero attached hydrogens (tertiary/aromatic N) is 2. The van der Waals surface area contributed by atoms with Crippen molar-refractivity contribution in [2.75, 3.05) is 0 Å². The van der Waals surface area contributed by atoms with Crippen LogP contribution in [0, 0.1) is 27.7 Å². The Morgan fingerprint density at radius 3 is 1.26 bits per heavy atom. The molecule has 50 heavy (non-hydrogen) atoms. The van der Waals surface area contributed by atoms with Crippen molar-refractivity contribution in [2.45, 2.75) is 40.0 Å². The normalized spacial score (nSPS) is 12.6. The summed E-state index contributed by atoms with van der Waals surface area (Å²) in [6.45, 7) is 7.65. The SMILES string of the molecule is Cc1ccc2c(c1)c1cc(C)ccc1n2-c1ccc(-c2ccccc2C(F)(F)F)c(-n2c3ccc(C)cc3c3cc(C)ccc32)c1C(F)(F)F. The summed E-state index contributed by atoms with van der Waals surface area (Å²) in [6, 6.07) is 29.7. The summed E-state index contributed by atoms with van der Waals surface area (Å²) in [4.78, 5) is 0. The van der Waals surface area contributed by atoms with Gasteiger partial charge >= 0.3 is 12.4 Å². The minimum atomic E-state index is -5.00. The van der Waals surface area contributed by atoms with Gasteiger partial charge in [0.15, 0.2) is 0 Å². The number of alkyl halides is 6. The van der Waals surface area contributed by atoms with Crippen molar-refractivity contribution in [1.82, 2.24) is 9.13 Å². The predicted molar refractivity (Wildman–Crippen MR) is 190 cm³/mol. The van der Waals surface area contributed by atoms with E-state index < -0.39 is 23.5 Å². The van der Waals surface area contributed by atoms with Crippen LogP contribution in [0.5, 0.6) is 0 Å². The van der Waals surface area contributed by atoms with Gasteiger partial charge in [0.05, 0.1) is 39.0 Å². The third-order valence-corrected chi connectivity index (χ3v) is 9.58. The maximum Gasteiger partial charge on any atom is 0.420 e. The zero-order valence-corrected chi connectivity index (χ0v) is 27.6. The highest BCUT2D eigenvalue weighted by molar-refractivity contribution is 6.12. The third-order valence-electron chi connectivity index (χ3n) is 9.58. The second kappa shape index (κ2) is 11.0. The number of rotatable bonds is 3. The van der Waals surface area contributed by atoms with Gasteiger partial charge in [0, 0.05) is 27.1 Å². The molecule has 8 aromatic rings. The molecule has 0 bridgehead atoms. The first-order valence-corrected chi connectivity index (χ1v) is 16.2. The van der Waals surface area contributed by atoms with Crippen molar-refractivity contribution in [2.24, 2.45) is 0 Å². The summed E-state index contributed by atoms with van der Waals surface area (Å²) < 4.78 is 95.4. The van der Waals surface area contributed by atoms with Crippen LogP contribution >= 0.6 is 0 Å². The molecule has 0 amide bonds. The number of aryl methyl sites for hydroxylation is 4. The van der Waals surface area contributed by atoms with Crippen LogP contribution in [-0.4, -0.2) is 9.13 Å². The van der Waals surface area contributed by atoms with Gasteiger partial charge in [0.25, 0.3) is 0 Å². The zero-order chi connectivity index (χ0) is 35.3. The van der Waals surface area contributed by atoms with Crippen LogP contribution in [0.25, 0.3) is 66.1 Å². The van der Waals surface area contributed by atoms with Crippen molar-refractivity contribution >= 4 is 43.6 Å². The standard InChI is InChI=1S/C42H30F6N2/c1-23-9-14-34-29(19-23)30-20-24(2)10-15-35(30)49(34)38-18-13-28(27-7-5-6-8-33(27)41(43,44)45)40(39(38)42(46,47)48)50-36-16-11-25(3)21-31(36)32-22-26(4)12-17-37(32)50/h5-22H,1-4H3. The smallest absolute Gasteiger partial charge is 0.309 e. The number of hydrogen-bond donors (Lipinski definition) is 0. The summed E-state index contributed by atoms with van der Waals surface area (Å²) in [5.41, 5.74) is 2.62. The monoisotopic (exact) mass is 676 g/mol. The number of halogens is 6. The molecule has 8 heteroatoms. The Kier molecular flexibility index (Phi) is 6.99. The van der Waals surface area contributed by atoms with E-state index in [2.05, 4.69) is 0 Å². The molecule has 2 aromatic heterocycles. The zero-order valence-electron chi connectivity index (χ0n) is 27.6. The van der Waals surface area contributed by atoms with E-state index in [1.54, 1.807) is 28.8 Å². The predicted octanol–water partition coefficient (Wildman–Crippen LogP) is 12.8. The molecule has 0 N–H and O–H groups in total. The number of aromatic nitrogens is 2. The molecule has 0 aliphatic carbocycles. The first-order chi connectivity index (χ1) is 23.7. The molecule has 0 radical (unpaired) electrons. The first kappa shape index (κ1) is 31.7. The van der Waals surface area contributed by atoms with Gasteiger partial charge in [-0.3, -0.25) is 0 Å². The Balaban J connectivity index is 1.63. The van der Waals surface area contributed by atoms with E-state index in [9.17, 15) is 13.2 Å². The lowest BCUT2D eigenvalue weighted by Gasteiger charge is -2.25. The van der Waals surface area contributed by atoms with E-state index in [4.69, 9.17) is 0 Å². The second-order valence-corrected chi connectivity index (χ2v) is 13.2. The van der Waals surface area contributed by atoms with Gasteiger partial charge in [-0.1, -0.05) is 70.8 Å². The van der Waals surface area contributed by atoms with Crippen molar-refractivity contribution in [3.63, 3.8) is 0 Å².